The average Bonchev–Trinajstić information content (AvgIpc) is 2.23. The summed E-state index contributed by atoms with van der Waals surface area (Å²) in [5.74, 6) is -0.165. The van der Waals surface area contributed by atoms with Gasteiger partial charge in [-0.2, -0.15) is 0 Å². The summed E-state index contributed by atoms with van der Waals surface area (Å²) in [5.41, 5.74) is 5.29. The minimum atomic E-state index is -0.400. The highest BCUT2D eigenvalue weighted by Gasteiger charge is 2.16. The van der Waals surface area contributed by atoms with Crippen molar-refractivity contribution in [3.8, 4) is 0 Å². The molecule has 3 N–H and O–H groups in total. The molecule has 1 rings (SSSR count). The van der Waals surface area contributed by atoms with E-state index in [2.05, 4.69) is 5.32 Å². The van der Waals surface area contributed by atoms with Crippen LogP contribution < -0.4 is 11.1 Å². The molecule has 1 amide bonds. The lowest BCUT2D eigenvalue weighted by atomic mass is 10.3. The minimum absolute atomic E-state index is 0.181. The summed E-state index contributed by atoms with van der Waals surface area (Å²) in [4.78, 5) is 12.0. The number of halogens is 1. The van der Waals surface area contributed by atoms with Crippen molar-refractivity contribution in [2.24, 2.45) is 5.73 Å². The monoisotopic (exact) mass is 256 g/mol. The fourth-order valence-corrected chi connectivity index (χ4v) is 2.34. The number of rotatable bonds is 6. The van der Waals surface area contributed by atoms with Crippen LogP contribution >= 0.6 is 11.8 Å². The highest BCUT2D eigenvalue weighted by atomic mass is 32.2. The lowest BCUT2D eigenvalue weighted by molar-refractivity contribution is -0.119. The zero-order chi connectivity index (χ0) is 12.8. The van der Waals surface area contributed by atoms with Crippen LogP contribution in [-0.4, -0.2) is 23.7 Å². The highest BCUT2D eigenvalue weighted by Crippen LogP contribution is 2.19. The molecular formula is C12H17FN2OS. The standard InChI is InChI=1S/C12H17FN2OS/c1-8(2)15-11(12(14)16)7-17-10-5-3-4-9(13)6-10/h3-6,8,11,15H,7H2,1-2H3,(H2,14,16). The number of primary amides is 1. The lowest BCUT2D eigenvalue weighted by Crippen LogP contribution is -2.46. The second-order valence-corrected chi connectivity index (χ2v) is 5.14. The Balaban J connectivity index is 2.54. The van der Waals surface area contributed by atoms with Gasteiger partial charge < -0.3 is 11.1 Å². The fraction of sp³-hybridized carbons (Fsp3) is 0.417. The predicted octanol–water partition coefficient (Wildman–Crippen LogP) is 1.77. The van der Waals surface area contributed by atoms with E-state index in [9.17, 15) is 9.18 Å². The normalized spacial score (nSPS) is 12.7. The van der Waals surface area contributed by atoms with E-state index >= 15 is 0 Å². The molecule has 0 radical (unpaired) electrons. The number of carbonyl (C=O) groups is 1. The van der Waals surface area contributed by atoms with Gasteiger partial charge in [0.1, 0.15) is 5.82 Å². The van der Waals surface area contributed by atoms with E-state index in [0.717, 1.165) is 4.90 Å². The maximum Gasteiger partial charge on any atom is 0.235 e. The van der Waals surface area contributed by atoms with Gasteiger partial charge in [-0.05, 0) is 18.2 Å². The second-order valence-electron chi connectivity index (χ2n) is 4.04. The minimum Gasteiger partial charge on any atom is -0.368 e. The van der Waals surface area contributed by atoms with Crippen molar-refractivity contribution >= 4 is 17.7 Å². The summed E-state index contributed by atoms with van der Waals surface area (Å²) < 4.78 is 12.9. The van der Waals surface area contributed by atoms with Crippen molar-refractivity contribution in [1.82, 2.24) is 5.32 Å². The maximum absolute atomic E-state index is 12.9. The highest BCUT2D eigenvalue weighted by molar-refractivity contribution is 7.99. The van der Waals surface area contributed by atoms with E-state index in [1.54, 1.807) is 12.1 Å². The Morgan fingerprint density at radius 1 is 1.53 bits per heavy atom. The Bertz CT molecular complexity index is 385. The van der Waals surface area contributed by atoms with Crippen LogP contribution in [0.15, 0.2) is 29.2 Å². The smallest absolute Gasteiger partial charge is 0.235 e. The maximum atomic E-state index is 12.9. The Hall–Kier alpha value is -1.07. The molecule has 5 heteroatoms. The Morgan fingerprint density at radius 2 is 2.24 bits per heavy atom. The van der Waals surface area contributed by atoms with E-state index in [1.165, 1.54) is 23.9 Å². The zero-order valence-electron chi connectivity index (χ0n) is 9.94. The Kier molecular flexibility index (Phi) is 5.44. The largest absolute Gasteiger partial charge is 0.368 e. The lowest BCUT2D eigenvalue weighted by Gasteiger charge is -2.17. The van der Waals surface area contributed by atoms with Gasteiger partial charge in [0.25, 0.3) is 0 Å². The predicted molar refractivity (Wildman–Crippen MR) is 68.4 cm³/mol. The van der Waals surface area contributed by atoms with E-state index in [1.807, 2.05) is 13.8 Å². The number of hydrogen-bond acceptors (Lipinski definition) is 3. The van der Waals surface area contributed by atoms with Crippen molar-refractivity contribution in [3.05, 3.63) is 30.1 Å². The van der Waals surface area contributed by atoms with Crippen molar-refractivity contribution in [3.63, 3.8) is 0 Å². The molecule has 0 aliphatic heterocycles. The van der Waals surface area contributed by atoms with E-state index in [-0.39, 0.29) is 17.8 Å². The average molecular weight is 256 g/mol. The third-order valence-electron chi connectivity index (χ3n) is 2.09. The van der Waals surface area contributed by atoms with Gasteiger partial charge in [-0.1, -0.05) is 19.9 Å². The molecule has 0 aromatic heterocycles. The number of nitrogens with one attached hydrogen (secondary N) is 1. The SMILES string of the molecule is CC(C)NC(CSc1cccc(F)c1)C(N)=O. The molecule has 1 atom stereocenters. The number of benzene rings is 1. The molecule has 0 saturated carbocycles. The van der Waals surface area contributed by atoms with Crippen molar-refractivity contribution < 1.29 is 9.18 Å². The van der Waals surface area contributed by atoms with Crippen LogP contribution in [0.3, 0.4) is 0 Å². The number of thioether (sulfide) groups is 1. The molecule has 17 heavy (non-hydrogen) atoms. The molecule has 0 bridgehead atoms. The summed E-state index contributed by atoms with van der Waals surface area (Å²) in [6, 6.07) is 6.07. The molecule has 94 valence electrons. The molecule has 0 aliphatic rings. The molecule has 0 aliphatic carbocycles. The first kappa shape index (κ1) is 14.0. The molecule has 0 heterocycles. The van der Waals surface area contributed by atoms with Crippen LogP contribution in [0.5, 0.6) is 0 Å². The van der Waals surface area contributed by atoms with Crippen molar-refractivity contribution in [2.45, 2.75) is 30.8 Å². The molecule has 1 aromatic carbocycles. The van der Waals surface area contributed by atoms with Crippen LogP contribution in [0.25, 0.3) is 0 Å². The third kappa shape index (κ3) is 5.19. The zero-order valence-corrected chi connectivity index (χ0v) is 10.8. The van der Waals surface area contributed by atoms with Crippen LogP contribution in [-0.2, 0) is 4.79 Å². The summed E-state index contributed by atoms with van der Waals surface area (Å²) >= 11 is 1.41. The van der Waals surface area contributed by atoms with E-state index < -0.39 is 6.04 Å². The number of nitrogens with two attached hydrogens (primary N) is 1. The molecule has 0 fully saturated rings. The first-order valence-electron chi connectivity index (χ1n) is 5.42. The molecule has 1 unspecified atom stereocenters. The molecule has 0 saturated heterocycles. The first-order valence-corrected chi connectivity index (χ1v) is 6.41. The number of amides is 1. The van der Waals surface area contributed by atoms with E-state index in [0.29, 0.717) is 5.75 Å². The summed E-state index contributed by atoms with van der Waals surface area (Å²) in [6.45, 7) is 3.89. The van der Waals surface area contributed by atoms with Crippen LogP contribution in [0.1, 0.15) is 13.8 Å². The van der Waals surface area contributed by atoms with Crippen LogP contribution in [0, 0.1) is 5.82 Å². The summed E-state index contributed by atoms with van der Waals surface area (Å²) in [5, 5.41) is 3.08. The van der Waals surface area contributed by atoms with Gasteiger partial charge in [0.15, 0.2) is 0 Å². The van der Waals surface area contributed by atoms with Gasteiger partial charge in [-0.25, -0.2) is 4.39 Å². The quantitative estimate of drug-likeness (QED) is 0.763. The van der Waals surface area contributed by atoms with E-state index in [4.69, 9.17) is 5.73 Å². The fourth-order valence-electron chi connectivity index (χ4n) is 1.35. The number of hydrogen-bond donors (Lipinski definition) is 2. The number of carbonyl (C=O) groups excluding carboxylic acids is 1. The molecular weight excluding hydrogens is 239 g/mol. The van der Waals surface area contributed by atoms with Crippen LogP contribution in [0.2, 0.25) is 0 Å². The topological polar surface area (TPSA) is 55.1 Å². The molecule has 0 spiro atoms. The van der Waals surface area contributed by atoms with Crippen molar-refractivity contribution in [2.75, 3.05) is 5.75 Å². The van der Waals surface area contributed by atoms with Gasteiger partial charge in [0.05, 0.1) is 6.04 Å². The Labute approximate surface area is 105 Å². The third-order valence-corrected chi connectivity index (χ3v) is 3.18. The van der Waals surface area contributed by atoms with Crippen LogP contribution in [0.4, 0.5) is 4.39 Å². The van der Waals surface area contributed by atoms with Gasteiger partial charge in [-0.15, -0.1) is 11.8 Å². The Morgan fingerprint density at radius 3 is 2.76 bits per heavy atom. The first-order chi connectivity index (χ1) is 7.99. The summed E-state index contributed by atoms with van der Waals surface area (Å²) in [7, 11) is 0. The summed E-state index contributed by atoms with van der Waals surface area (Å²) in [6.07, 6.45) is 0. The van der Waals surface area contributed by atoms with Crippen molar-refractivity contribution in [1.29, 1.82) is 0 Å². The van der Waals surface area contributed by atoms with Gasteiger partial charge in [0, 0.05) is 16.7 Å². The van der Waals surface area contributed by atoms with Gasteiger partial charge in [-0.3, -0.25) is 4.79 Å². The molecule has 3 nitrogen and oxygen atoms in total. The van der Waals surface area contributed by atoms with Gasteiger partial charge >= 0.3 is 0 Å². The second kappa shape index (κ2) is 6.61. The molecule has 1 aromatic rings. The van der Waals surface area contributed by atoms with Gasteiger partial charge in [0.2, 0.25) is 5.91 Å².